The van der Waals surface area contributed by atoms with Crippen molar-refractivity contribution in [2.45, 2.75) is 5.16 Å². The Bertz CT molecular complexity index is 1210. The van der Waals surface area contributed by atoms with E-state index < -0.39 is 0 Å². The summed E-state index contributed by atoms with van der Waals surface area (Å²) in [5.74, 6) is 0.878. The van der Waals surface area contributed by atoms with Gasteiger partial charge in [-0.25, -0.2) is 15.0 Å². The van der Waals surface area contributed by atoms with Crippen LogP contribution < -0.4 is 9.47 Å². The number of hydrogen-bond donors (Lipinski definition) is 0. The second kappa shape index (κ2) is 8.63. The first-order valence-electron chi connectivity index (χ1n) is 8.80. The Hall–Kier alpha value is -2.61. The van der Waals surface area contributed by atoms with E-state index in [2.05, 4.69) is 15.0 Å². The van der Waals surface area contributed by atoms with Crippen LogP contribution in [-0.4, -0.2) is 40.4 Å². The Morgan fingerprint density at radius 2 is 1.60 bits per heavy atom. The number of fused-ring (bicyclic) bond motifs is 1. The zero-order chi connectivity index (χ0) is 21.3. The second-order valence-electron chi connectivity index (χ2n) is 6.17. The van der Waals surface area contributed by atoms with Crippen molar-refractivity contribution in [3.05, 3.63) is 52.9 Å². The second-order valence-corrected chi connectivity index (χ2v) is 7.70. The molecule has 0 saturated carbocycles. The summed E-state index contributed by atoms with van der Waals surface area (Å²) in [5.41, 5.74) is 3.34. The van der Waals surface area contributed by atoms with Gasteiger partial charge in [-0.1, -0.05) is 35.0 Å². The van der Waals surface area contributed by atoms with Crippen LogP contribution >= 0.6 is 35.0 Å². The standard InChI is InChI=1S/C21H16Cl2N4O2S/c1-28-14-9-15(29-2)18(23)16(17(14)22)13-8-12-10-25-21(30-3)27-20(12)19(26-13)11-4-6-24-7-5-11/h4-10H,1-3H3. The van der Waals surface area contributed by atoms with Crippen LogP contribution in [0.25, 0.3) is 33.4 Å². The highest BCUT2D eigenvalue weighted by Crippen LogP contribution is 2.46. The van der Waals surface area contributed by atoms with Gasteiger partial charge in [0.15, 0.2) is 5.16 Å². The number of ether oxygens (including phenoxy) is 2. The van der Waals surface area contributed by atoms with Crippen LogP contribution in [0.15, 0.2) is 48.0 Å². The molecular weight excluding hydrogens is 443 g/mol. The minimum absolute atomic E-state index is 0.345. The highest BCUT2D eigenvalue weighted by atomic mass is 35.5. The number of pyridine rings is 2. The molecule has 0 aliphatic carbocycles. The molecular formula is C21H16Cl2N4O2S. The molecule has 6 nitrogen and oxygen atoms in total. The summed E-state index contributed by atoms with van der Waals surface area (Å²) in [6.45, 7) is 0. The average molecular weight is 459 g/mol. The van der Waals surface area contributed by atoms with Gasteiger partial charge in [0, 0.05) is 41.2 Å². The molecule has 152 valence electrons. The largest absolute Gasteiger partial charge is 0.495 e. The third kappa shape index (κ3) is 3.64. The minimum atomic E-state index is 0.345. The first-order chi connectivity index (χ1) is 14.6. The molecule has 0 unspecified atom stereocenters. The van der Waals surface area contributed by atoms with Crippen LogP contribution in [0.1, 0.15) is 0 Å². The van der Waals surface area contributed by atoms with E-state index >= 15 is 0 Å². The predicted octanol–water partition coefficient (Wildman–Crippen LogP) is 5.80. The van der Waals surface area contributed by atoms with Gasteiger partial charge in [0.1, 0.15) is 17.0 Å². The maximum absolute atomic E-state index is 6.63. The van der Waals surface area contributed by atoms with Crippen LogP contribution in [0.2, 0.25) is 10.0 Å². The van der Waals surface area contributed by atoms with Crippen molar-refractivity contribution in [3.63, 3.8) is 0 Å². The first kappa shape index (κ1) is 20.7. The van der Waals surface area contributed by atoms with Crippen molar-refractivity contribution >= 4 is 45.9 Å². The Balaban J connectivity index is 2.07. The van der Waals surface area contributed by atoms with Gasteiger partial charge in [-0.2, -0.15) is 0 Å². The molecule has 0 saturated heterocycles. The molecule has 1 aromatic carbocycles. The molecule has 4 aromatic rings. The SMILES string of the molecule is COc1cc(OC)c(Cl)c(-c2cc3cnc(SC)nc3c(-c3ccncc3)n2)c1Cl. The topological polar surface area (TPSA) is 70.0 Å². The lowest BCUT2D eigenvalue weighted by Gasteiger charge is -2.16. The normalized spacial score (nSPS) is 11.0. The summed E-state index contributed by atoms with van der Waals surface area (Å²) < 4.78 is 10.8. The Kier molecular flexibility index (Phi) is 5.94. The predicted molar refractivity (Wildman–Crippen MR) is 121 cm³/mol. The molecule has 9 heteroatoms. The fourth-order valence-corrected chi connectivity index (χ4v) is 4.11. The molecule has 4 rings (SSSR count). The van der Waals surface area contributed by atoms with Crippen LogP contribution in [0, 0.1) is 0 Å². The van der Waals surface area contributed by atoms with Crippen LogP contribution in [-0.2, 0) is 0 Å². The number of benzene rings is 1. The summed E-state index contributed by atoms with van der Waals surface area (Å²) in [4.78, 5) is 18.1. The zero-order valence-corrected chi connectivity index (χ0v) is 18.6. The Morgan fingerprint density at radius 3 is 2.20 bits per heavy atom. The average Bonchev–Trinajstić information content (AvgIpc) is 2.79. The molecule has 0 N–H and O–H groups in total. The number of hydrogen-bond acceptors (Lipinski definition) is 7. The monoisotopic (exact) mass is 458 g/mol. The third-order valence-corrected chi connectivity index (χ3v) is 5.82. The molecule has 0 radical (unpaired) electrons. The number of aromatic nitrogens is 4. The Labute approximate surface area is 187 Å². The summed E-state index contributed by atoms with van der Waals surface area (Å²) in [6.07, 6.45) is 7.11. The zero-order valence-electron chi connectivity index (χ0n) is 16.3. The van der Waals surface area contributed by atoms with E-state index in [1.54, 1.807) is 24.7 Å². The fourth-order valence-electron chi connectivity index (χ4n) is 3.07. The van der Waals surface area contributed by atoms with Crippen molar-refractivity contribution in [2.75, 3.05) is 20.5 Å². The van der Waals surface area contributed by atoms with E-state index in [1.807, 2.05) is 24.5 Å². The van der Waals surface area contributed by atoms with Crippen LogP contribution in [0.5, 0.6) is 11.5 Å². The number of nitrogens with zero attached hydrogens (tertiary/aromatic N) is 4. The smallest absolute Gasteiger partial charge is 0.187 e. The quantitative estimate of drug-likeness (QED) is 0.276. The van der Waals surface area contributed by atoms with E-state index in [0.29, 0.717) is 43.7 Å². The van der Waals surface area contributed by atoms with Crippen molar-refractivity contribution in [1.82, 2.24) is 19.9 Å². The summed E-state index contributed by atoms with van der Waals surface area (Å²) in [7, 11) is 3.07. The lowest BCUT2D eigenvalue weighted by atomic mass is 10.0. The van der Waals surface area contributed by atoms with Crippen molar-refractivity contribution < 1.29 is 9.47 Å². The number of thioether (sulfide) groups is 1. The maximum atomic E-state index is 6.63. The summed E-state index contributed by atoms with van der Waals surface area (Å²) in [6, 6.07) is 7.26. The van der Waals surface area contributed by atoms with Crippen LogP contribution in [0.4, 0.5) is 0 Å². The molecule has 0 atom stereocenters. The van der Waals surface area contributed by atoms with Gasteiger partial charge in [0.25, 0.3) is 0 Å². The molecule has 0 aliphatic rings. The van der Waals surface area contributed by atoms with Gasteiger partial charge in [-0.3, -0.25) is 4.98 Å². The Morgan fingerprint density at radius 1 is 0.933 bits per heavy atom. The van der Waals surface area contributed by atoms with Gasteiger partial charge in [-0.05, 0) is 24.5 Å². The highest BCUT2D eigenvalue weighted by Gasteiger charge is 2.22. The third-order valence-electron chi connectivity index (χ3n) is 4.51. The van der Waals surface area contributed by atoms with Gasteiger partial charge in [0.2, 0.25) is 0 Å². The molecule has 0 aliphatic heterocycles. The van der Waals surface area contributed by atoms with Gasteiger partial charge in [0.05, 0.1) is 35.7 Å². The highest BCUT2D eigenvalue weighted by molar-refractivity contribution is 7.98. The van der Waals surface area contributed by atoms with Crippen LogP contribution in [0.3, 0.4) is 0 Å². The van der Waals surface area contributed by atoms with Gasteiger partial charge in [-0.15, -0.1) is 0 Å². The maximum Gasteiger partial charge on any atom is 0.187 e. The van der Waals surface area contributed by atoms with Crippen molar-refractivity contribution in [3.8, 4) is 34.0 Å². The fraction of sp³-hybridized carbons (Fsp3) is 0.143. The molecule has 30 heavy (non-hydrogen) atoms. The summed E-state index contributed by atoms with van der Waals surface area (Å²) >= 11 is 14.7. The van der Waals surface area contributed by atoms with E-state index in [4.69, 9.17) is 37.7 Å². The number of methoxy groups -OCH3 is 2. The minimum Gasteiger partial charge on any atom is -0.495 e. The summed E-state index contributed by atoms with van der Waals surface area (Å²) in [5, 5.41) is 2.15. The van der Waals surface area contributed by atoms with Gasteiger partial charge < -0.3 is 9.47 Å². The van der Waals surface area contributed by atoms with Crippen molar-refractivity contribution in [2.24, 2.45) is 0 Å². The molecule has 0 amide bonds. The van der Waals surface area contributed by atoms with E-state index in [-0.39, 0.29) is 0 Å². The van der Waals surface area contributed by atoms with Crippen molar-refractivity contribution in [1.29, 1.82) is 0 Å². The lowest BCUT2D eigenvalue weighted by molar-refractivity contribution is 0.395. The first-order valence-corrected chi connectivity index (χ1v) is 10.8. The number of rotatable bonds is 5. The lowest BCUT2D eigenvalue weighted by Crippen LogP contribution is -1.98. The molecule has 0 bridgehead atoms. The molecule has 3 heterocycles. The molecule has 3 aromatic heterocycles. The molecule has 0 fully saturated rings. The van der Waals surface area contributed by atoms with Gasteiger partial charge >= 0.3 is 0 Å². The number of halogens is 2. The molecule has 0 spiro atoms. The van der Waals surface area contributed by atoms with E-state index in [1.165, 1.54) is 26.0 Å². The van der Waals surface area contributed by atoms with E-state index in [0.717, 1.165) is 16.5 Å². The van der Waals surface area contributed by atoms with E-state index in [9.17, 15) is 0 Å².